The number of ether oxygens (including phenoxy) is 1. The number of hydrogen-bond donors (Lipinski definition) is 1. The average Bonchev–Trinajstić information content (AvgIpc) is 2.33. The van der Waals surface area contributed by atoms with Gasteiger partial charge in [-0.1, -0.05) is 0 Å². The van der Waals surface area contributed by atoms with Gasteiger partial charge in [0.1, 0.15) is 6.73 Å². The largest absolute Gasteiger partial charge is 0.360 e. The van der Waals surface area contributed by atoms with Gasteiger partial charge in [-0.05, 0) is 13.0 Å². The third-order valence-electron chi connectivity index (χ3n) is 1.99. The van der Waals surface area contributed by atoms with Crippen molar-refractivity contribution < 1.29 is 4.74 Å². The molecular weight excluding hydrogens is 116 g/mol. The zero-order valence-electron chi connectivity index (χ0n) is 5.34. The first kappa shape index (κ1) is 5.65. The summed E-state index contributed by atoms with van der Waals surface area (Å²) in [5.74, 6) is 0. The Labute approximate surface area is 54.8 Å². The Bertz CT molecular complexity index is 95.2. The Hall–Kier alpha value is -0.120. The lowest BCUT2D eigenvalue weighted by molar-refractivity contribution is 0.0865. The Balaban J connectivity index is 1.97. The second-order valence-electron chi connectivity index (χ2n) is 2.58. The number of nitrogens with one attached hydrogen (secondary N) is 1. The molecule has 0 aliphatic carbocycles. The van der Waals surface area contributed by atoms with Crippen molar-refractivity contribution in [2.75, 3.05) is 19.8 Å². The topological polar surface area (TPSA) is 35.4 Å². The van der Waals surface area contributed by atoms with Gasteiger partial charge in [-0.3, -0.25) is 0 Å². The van der Waals surface area contributed by atoms with Gasteiger partial charge in [-0.15, -0.1) is 0 Å². The van der Waals surface area contributed by atoms with Crippen LogP contribution in [0.1, 0.15) is 6.42 Å². The van der Waals surface area contributed by atoms with Crippen LogP contribution in [0.15, 0.2) is 0 Å². The van der Waals surface area contributed by atoms with E-state index >= 15 is 0 Å². The maximum Gasteiger partial charge on any atom is 0.113 e. The molecular formula is C6H11N2O. The molecule has 0 aromatic heterocycles. The molecule has 2 saturated heterocycles. The van der Waals surface area contributed by atoms with Crippen LogP contribution in [0.4, 0.5) is 0 Å². The number of nitrogens with zero attached hydrogens (tertiary/aromatic N) is 1. The quantitative estimate of drug-likeness (QED) is 0.467. The molecule has 1 radical (unpaired) electrons. The van der Waals surface area contributed by atoms with Crippen molar-refractivity contribution in [3.63, 3.8) is 0 Å². The summed E-state index contributed by atoms with van der Waals surface area (Å²) < 4.78 is 5.35. The van der Waals surface area contributed by atoms with Crippen LogP contribution in [-0.2, 0) is 4.74 Å². The predicted octanol–water partition coefficient (Wildman–Crippen LogP) is -0.691. The van der Waals surface area contributed by atoms with Crippen molar-refractivity contribution in [1.29, 1.82) is 0 Å². The first-order chi connectivity index (χ1) is 4.47. The molecule has 2 unspecified atom stereocenters. The van der Waals surface area contributed by atoms with Crippen LogP contribution in [-0.4, -0.2) is 32.0 Å². The molecule has 3 nitrogen and oxygen atoms in total. The molecule has 2 heterocycles. The molecule has 2 fully saturated rings. The lowest BCUT2D eigenvalue weighted by atomic mass is 10.1. The van der Waals surface area contributed by atoms with Crippen LogP contribution in [0.5, 0.6) is 0 Å². The standard InChI is InChI=1S/C6H11N2O/c1-2-7-3-5-6(1)9-4-8-5/h5-7H,1-4H2. The number of fused-ring (bicyclic) bond motifs is 1. The van der Waals surface area contributed by atoms with Crippen LogP contribution < -0.4 is 10.6 Å². The summed E-state index contributed by atoms with van der Waals surface area (Å²) in [6.45, 7) is 2.73. The third-order valence-corrected chi connectivity index (χ3v) is 1.99. The van der Waals surface area contributed by atoms with Crippen LogP contribution in [0, 0.1) is 0 Å². The van der Waals surface area contributed by atoms with Gasteiger partial charge in [0.15, 0.2) is 0 Å². The van der Waals surface area contributed by atoms with Crippen molar-refractivity contribution in [3.8, 4) is 0 Å². The van der Waals surface area contributed by atoms with Gasteiger partial charge >= 0.3 is 0 Å². The maximum atomic E-state index is 5.35. The highest BCUT2D eigenvalue weighted by atomic mass is 16.5. The van der Waals surface area contributed by atoms with Crippen LogP contribution >= 0.6 is 0 Å². The van der Waals surface area contributed by atoms with Gasteiger partial charge in [0.2, 0.25) is 0 Å². The van der Waals surface area contributed by atoms with Gasteiger partial charge in [0.05, 0.1) is 12.1 Å². The highest BCUT2D eigenvalue weighted by Crippen LogP contribution is 2.13. The zero-order valence-corrected chi connectivity index (χ0v) is 5.34. The van der Waals surface area contributed by atoms with Gasteiger partial charge < -0.3 is 10.1 Å². The Morgan fingerprint density at radius 1 is 1.56 bits per heavy atom. The molecule has 0 aromatic rings. The molecule has 2 rings (SSSR count). The van der Waals surface area contributed by atoms with E-state index in [1.807, 2.05) is 0 Å². The summed E-state index contributed by atoms with van der Waals surface area (Å²) in [5.41, 5.74) is 0. The molecule has 2 atom stereocenters. The summed E-state index contributed by atoms with van der Waals surface area (Å²) in [6.07, 6.45) is 1.57. The third kappa shape index (κ3) is 0.956. The minimum atomic E-state index is 0.436. The van der Waals surface area contributed by atoms with E-state index < -0.39 is 0 Å². The Kier molecular flexibility index (Phi) is 1.41. The van der Waals surface area contributed by atoms with E-state index in [1.165, 1.54) is 0 Å². The molecule has 2 aliphatic rings. The molecule has 0 spiro atoms. The summed E-state index contributed by atoms with van der Waals surface area (Å²) in [6, 6.07) is 0.457. The first-order valence-corrected chi connectivity index (χ1v) is 3.46. The van der Waals surface area contributed by atoms with Crippen LogP contribution in [0.25, 0.3) is 0 Å². The monoisotopic (exact) mass is 127 g/mol. The SMILES string of the molecule is C1CC2OC[N]C2CN1. The van der Waals surface area contributed by atoms with E-state index in [0.717, 1.165) is 19.5 Å². The summed E-state index contributed by atoms with van der Waals surface area (Å²) >= 11 is 0. The predicted molar refractivity (Wildman–Crippen MR) is 33.1 cm³/mol. The van der Waals surface area contributed by atoms with E-state index in [0.29, 0.717) is 18.9 Å². The van der Waals surface area contributed by atoms with Crippen molar-refractivity contribution in [1.82, 2.24) is 10.6 Å². The smallest absolute Gasteiger partial charge is 0.113 e. The van der Waals surface area contributed by atoms with E-state index in [4.69, 9.17) is 4.74 Å². The van der Waals surface area contributed by atoms with E-state index in [1.54, 1.807) is 0 Å². The van der Waals surface area contributed by atoms with Crippen molar-refractivity contribution in [3.05, 3.63) is 0 Å². The molecule has 0 saturated carbocycles. The van der Waals surface area contributed by atoms with Gasteiger partial charge in [-0.25, -0.2) is 5.32 Å². The maximum absolute atomic E-state index is 5.35. The summed E-state index contributed by atoms with van der Waals surface area (Å²) in [5, 5.41) is 7.56. The van der Waals surface area contributed by atoms with Gasteiger partial charge in [0.25, 0.3) is 0 Å². The fourth-order valence-corrected chi connectivity index (χ4v) is 1.43. The molecule has 3 heteroatoms. The van der Waals surface area contributed by atoms with Crippen LogP contribution in [0.2, 0.25) is 0 Å². The first-order valence-electron chi connectivity index (χ1n) is 3.46. The lowest BCUT2D eigenvalue weighted by Gasteiger charge is -2.22. The average molecular weight is 127 g/mol. The van der Waals surface area contributed by atoms with Gasteiger partial charge in [-0.2, -0.15) is 0 Å². The van der Waals surface area contributed by atoms with E-state index in [-0.39, 0.29) is 0 Å². The highest BCUT2D eigenvalue weighted by Gasteiger charge is 2.30. The zero-order chi connectivity index (χ0) is 6.10. The molecule has 0 amide bonds. The normalized spacial score (nSPS) is 42.7. The van der Waals surface area contributed by atoms with Crippen molar-refractivity contribution >= 4 is 0 Å². The molecule has 51 valence electrons. The van der Waals surface area contributed by atoms with Crippen molar-refractivity contribution in [2.45, 2.75) is 18.6 Å². The summed E-state index contributed by atoms with van der Waals surface area (Å²) in [7, 11) is 0. The molecule has 2 aliphatic heterocycles. The molecule has 9 heavy (non-hydrogen) atoms. The van der Waals surface area contributed by atoms with E-state index in [2.05, 4.69) is 10.6 Å². The number of hydrogen-bond acceptors (Lipinski definition) is 2. The second-order valence-corrected chi connectivity index (χ2v) is 2.58. The Morgan fingerprint density at radius 3 is 3.44 bits per heavy atom. The highest BCUT2D eigenvalue weighted by molar-refractivity contribution is 4.86. The summed E-state index contributed by atoms with van der Waals surface area (Å²) in [4.78, 5) is 0. The van der Waals surface area contributed by atoms with Crippen molar-refractivity contribution in [2.24, 2.45) is 0 Å². The molecule has 0 bridgehead atoms. The fourth-order valence-electron chi connectivity index (χ4n) is 1.43. The minimum Gasteiger partial charge on any atom is -0.360 e. The molecule has 0 aromatic carbocycles. The Morgan fingerprint density at radius 2 is 2.56 bits per heavy atom. The fraction of sp³-hybridized carbons (Fsp3) is 1.00. The molecule has 1 N–H and O–H groups in total. The minimum absolute atomic E-state index is 0.436. The number of rotatable bonds is 0. The van der Waals surface area contributed by atoms with Crippen LogP contribution in [0.3, 0.4) is 0 Å². The number of piperidine rings is 1. The van der Waals surface area contributed by atoms with E-state index in [9.17, 15) is 0 Å². The van der Waals surface area contributed by atoms with Gasteiger partial charge in [0, 0.05) is 6.54 Å². The second kappa shape index (κ2) is 2.25. The lowest BCUT2D eigenvalue weighted by Crippen LogP contribution is -2.44.